The van der Waals surface area contributed by atoms with Gasteiger partial charge < -0.3 is 4.90 Å². The topological polar surface area (TPSA) is 74.8 Å². The molecule has 0 bridgehead atoms. The zero-order valence-electron chi connectivity index (χ0n) is 12.5. The molecule has 0 aromatic carbocycles. The summed E-state index contributed by atoms with van der Waals surface area (Å²) in [7, 11) is 0. The van der Waals surface area contributed by atoms with Crippen LogP contribution < -0.4 is 0 Å². The first-order chi connectivity index (χ1) is 10.1. The highest BCUT2D eigenvalue weighted by Gasteiger charge is 2.34. The number of hydrogen-bond donors (Lipinski definition) is 1. The van der Waals surface area contributed by atoms with Crippen LogP contribution in [-0.4, -0.2) is 37.5 Å². The molecule has 1 atom stereocenters. The van der Waals surface area contributed by atoms with E-state index in [0.29, 0.717) is 17.4 Å². The second-order valence-corrected chi connectivity index (χ2v) is 6.55. The Hall–Kier alpha value is -1.76. The fraction of sp³-hybridized carbons (Fsp3) is 0.571. The molecule has 2 aromatic rings. The number of carbonyl (C=O) groups excluding carboxylic acids is 1. The molecule has 0 spiro atoms. The summed E-state index contributed by atoms with van der Waals surface area (Å²) in [6, 6.07) is -0.0355. The first-order valence-corrected chi connectivity index (χ1v) is 8.09. The summed E-state index contributed by atoms with van der Waals surface area (Å²) in [5, 5.41) is 9.92. The Kier molecular flexibility index (Phi) is 3.75. The van der Waals surface area contributed by atoms with Gasteiger partial charge in [-0.1, -0.05) is 13.8 Å². The van der Waals surface area contributed by atoms with Crippen LogP contribution in [0, 0.1) is 6.92 Å². The quantitative estimate of drug-likeness (QED) is 0.946. The van der Waals surface area contributed by atoms with E-state index in [1.54, 1.807) is 11.3 Å². The van der Waals surface area contributed by atoms with E-state index in [-0.39, 0.29) is 11.9 Å². The summed E-state index contributed by atoms with van der Waals surface area (Å²) in [6.07, 6.45) is 1.88. The highest BCUT2D eigenvalue weighted by atomic mass is 32.1. The normalized spacial score (nSPS) is 18.7. The maximum Gasteiger partial charge on any atom is 0.273 e. The molecular weight excluding hydrogens is 286 g/mol. The van der Waals surface area contributed by atoms with E-state index in [0.717, 1.165) is 30.2 Å². The van der Waals surface area contributed by atoms with Gasteiger partial charge in [-0.25, -0.2) is 9.97 Å². The molecule has 3 heterocycles. The first kappa shape index (κ1) is 14.2. The van der Waals surface area contributed by atoms with E-state index >= 15 is 0 Å². The van der Waals surface area contributed by atoms with Crippen molar-refractivity contribution >= 4 is 17.2 Å². The Labute approximate surface area is 127 Å². The Morgan fingerprint density at radius 3 is 2.90 bits per heavy atom. The van der Waals surface area contributed by atoms with E-state index in [2.05, 4.69) is 34.0 Å². The SMILES string of the molecule is Cc1nc([C@@H]2CCCN2C(=O)c2csc(C(C)C)n2)n[nH]1. The van der Waals surface area contributed by atoms with Crippen LogP contribution in [0.5, 0.6) is 0 Å². The molecule has 0 radical (unpaired) electrons. The molecule has 1 N–H and O–H groups in total. The van der Waals surface area contributed by atoms with Crippen molar-refractivity contribution in [2.75, 3.05) is 6.54 Å². The van der Waals surface area contributed by atoms with Crippen molar-refractivity contribution in [1.29, 1.82) is 0 Å². The number of nitrogens with one attached hydrogen (secondary N) is 1. The monoisotopic (exact) mass is 305 g/mol. The summed E-state index contributed by atoms with van der Waals surface area (Å²) in [6.45, 7) is 6.78. The zero-order valence-corrected chi connectivity index (χ0v) is 13.3. The standard InChI is InChI=1S/C14H19N5OS/c1-8(2)13-16-10(7-21-13)14(20)19-6-4-5-11(19)12-15-9(3)17-18-12/h7-8,11H,4-6H2,1-3H3,(H,15,17,18)/t11-/m0/s1. The van der Waals surface area contributed by atoms with Gasteiger partial charge in [0.15, 0.2) is 5.82 Å². The number of amides is 1. The lowest BCUT2D eigenvalue weighted by Gasteiger charge is -2.21. The van der Waals surface area contributed by atoms with Gasteiger partial charge in [0.1, 0.15) is 11.5 Å². The van der Waals surface area contributed by atoms with Crippen LogP contribution >= 0.6 is 11.3 Å². The summed E-state index contributed by atoms with van der Waals surface area (Å²) in [4.78, 5) is 23.4. The molecule has 2 aromatic heterocycles. The van der Waals surface area contributed by atoms with Crippen molar-refractivity contribution < 1.29 is 4.79 Å². The lowest BCUT2D eigenvalue weighted by Crippen LogP contribution is -2.31. The van der Waals surface area contributed by atoms with Crippen molar-refractivity contribution in [3.05, 3.63) is 27.7 Å². The van der Waals surface area contributed by atoms with Crippen LogP contribution in [0.3, 0.4) is 0 Å². The van der Waals surface area contributed by atoms with Gasteiger partial charge in [-0.3, -0.25) is 9.89 Å². The van der Waals surface area contributed by atoms with Gasteiger partial charge in [0.2, 0.25) is 0 Å². The smallest absolute Gasteiger partial charge is 0.273 e. The molecule has 3 rings (SSSR count). The highest BCUT2D eigenvalue weighted by molar-refractivity contribution is 7.09. The molecule has 1 aliphatic heterocycles. The van der Waals surface area contributed by atoms with Crippen LogP contribution in [0.25, 0.3) is 0 Å². The Morgan fingerprint density at radius 2 is 2.29 bits per heavy atom. The highest BCUT2D eigenvalue weighted by Crippen LogP contribution is 2.31. The van der Waals surface area contributed by atoms with Crippen molar-refractivity contribution in [2.24, 2.45) is 0 Å². The van der Waals surface area contributed by atoms with Gasteiger partial charge in [0.05, 0.1) is 11.0 Å². The number of rotatable bonds is 3. The predicted molar refractivity (Wildman–Crippen MR) is 80.3 cm³/mol. The number of H-pyrrole nitrogens is 1. The fourth-order valence-corrected chi connectivity index (χ4v) is 3.39. The molecule has 7 heteroatoms. The van der Waals surface area contributed by atoms with Crippen molar-refractivity contribution in [3.8, 4) is 0 Å². The number of thiazole rings is 1. The first-order valence-electron chi connectivity index (χ1n) is 7.21. The number of aryl methyl sites for hydroxylation is 1. The Morgan fingerprint density at radius 1 is 1.48 bits per heavy atom. The van der Waals surface area contributed by atoms with E-state index in [4.69, 9.17) is 0 Å². The molecule has 21 heavy (non-hydrogen) atoms. The lowest BCUT2D eigenvalue weighted by atomic mass is 10.2. The molecule has 0 aliphatic carbocycles. The molecule has 1 saturated heterocycles. The minimum atomic E-state index is -0.0355. The average molecular weight is 305 g/mol. The molecule has 0 saturated carbocycles. The lowest BCUT2D eigenvalue weighted by molar-refractivity contribution is 0.0724. The third-order valence-corrected chi connectivity index (χ3v) is 4.81. The van der Waals surface area contributed by atoms with Crippen LogP contribution in [0.15, 0.2) is 5.38 Å². The van der Waals surface area contributed by atoms with Gasteiger partial charge in [0.25, 0.3) is 5.91 Å². The van der Waals surface area contributed by atoms with Crippen molar-refractivity contribution in [3.63, 3.8) is 0 Å². The second kappa shape index (κ2) is 5.55. The number of aromatic nitrogens is 4. The van der Waals surface area contributed by atoms with E-state index in [1.807, 2.05) is 17.2 Å². The molecule has 6 nitrogen and oxygen atoms in total. The average Bonchev–Trinajstić information content (AvgIpc) is 3.17. The largest absolute Gasteiger partial charge is 0.327 e. The summed E-state index contributed by atoms with van der Waals surface area (Å²) >= 11 is 1.55. The van der Waals surface area contributed by atoms with Gasteiger partial charge in [-0.15, -0.1) is 11.3 Å². The van der Waals surface area contributed by atoms with Gasteiger partial charge in [-0.05, 0) is 19.8 Å². The van der Waals surface area contributed by atoms with Crippen molar-refractivity contribution in [1.82, 2.24) is 25.1 Å². The third kappa shape index (κ3) is 2.70. The van der Waals surface area contributed by atoms with E-state index in [1.165, 1.54) is 0 Å². The number of hydrogen-bond acceptors (Lipinski definition) is 5. The number of aromatic amines is 1. The van der Waals surface area contributed by atoms with Crippen LogP contribution in [0.1, 0.15) is 65.8 Å². The molecular formula is C14H19N5OS. The summed E-state index contributed by atoms with van der Waals surface area (Å²) < 4.78 is 0. The zero-order chi connectivity index (χ0) is 15.0. The van der Waals surface area contributed by atoms with Gasteiger partial charge >= 0.3 is 0 Å². The molecule has 0 unspecified atom stereocenters. The minimum absolute atomic E-state index is 0.0110. The van der Waals surface area contributed by atoms with Crippen LogP contribution in [0.2, 0.25) is 0 Å². The van der Waals surface area contributed by atoms with Crippen LogP contribution in [-0.2, 0) is 0 Å². The Balaban J connectivity index is 1.82. The predicted octanol–water partition coefficient (Wildman–Crippen LogP) is 2.67. The Bertz CT molecular complexity index is 647. The third-order valence-electron chi connectivity index (χ3n) is 3.66. The molecule has 112 valence electrons. The van der Waals surface area contributed by atoms with Gasteiger partial charge in [-0.2, -0.15) is 5.10 Å². The number of likely N-dealkylation sites (tertiary alicyclic amines) is 1. The molecule has 1 amide bonds. The second-order valence-electron chi connectivity index (χ2n) is 5.66. The maximum absolute atomic E-state index is 12.7. The fourth-order valence-electron chi connectivity index (χ4n) is 2.59. The molecule has 1 aliphatic rings. The summed E-state index contributed by atoms with van der Waals surface area (Å²) in [5.74, 6) is 1.82. The number of carbonyl (C=O) groups is 1. The van der Waals surface area contributed by atoms with Gasteiger partial charge in [0, 0.05) is 17.8 Å². The summed E-state index contributed by atoms with van der Waals surface area (Å²) in [5.41, 5.74) is 0.544. The minimum Gasteiger partial charge on any atom is -0.327 e. The van der Waals surface area contributed by atoms with E-state index in [9.17, 15) is 4.79 Å². The molecule has 1 fully saturated rings. The maximum atomic E-state index is 12.7. The van der Waals surface area contributed by atoms with Crippen LogP contribution in [0.4, 0.5) is 0 Å². The number of nitrogens with zero attached hydrogens (tertiary/aromatic N) is 4. The van der Waals surface area contributed by atoms with E-state index < -0.39 is 0 Å². The van der Waals surface area contributed by atoms with Crippen molar-refractivity contribution in [2.45, 2.75) is 45.6 Å².